The van der Waals surface area contributed by atoms with Crippen molar-refractivity contribution in [2.45, 2.75) is 33.3 Å². The molecule has 0 aliphatic carbocycles. The van der Waals surface area contributed by atoms with Gasteiger partial charge in [-0.25, -0.2) is 4.39 Å². The first-order valence-electron chi connectivity index (χ1n) is 5.85. The second-order valence-electron chi connectivity index (χ2n) is 5.65. The minimum absolute atomic E-state index is 0.00621. The molecule has 0 aliphatic heterocycles. The molecule has 0 saturated carbocycles. The molecule has 0 aliphatic rings. The van der Waals surface area contributed by atoms with Crippen LogP contribution < -0.4 is 11.1 Å². The second kappa shape index (κ2) is 5.76. The van der Waals surface area contributed by atoms with E-state index in [2.05, 4.69) is 5.32 Å². The summed E-state index contributed by atoms with van der Waals surface area (Å²) in [6.45, 7) is 6.47. The van der Waals surface area contributed by atoms with Gasteiger partial charge in [0.15, 0.2) is 0 Å². The Morgan fingerprint density at radius 1 is 1.44 bits per heavy atom. The third kappa shape index (κ3) is 4.70. The number of nitrogen functional groups attached to an aromatic ring is 1. The van der Waals surface area contributed by atoms with Crippen molar-refractivity contribution in [2.75, 3.05) is 17.6 Å². The maximum atomic E-state index is 13.3. The SMILES string of the molecule is CC(C)(C)CC(O)CNc1cc(F)c(Cl)cc1N. The van der Waals surface area contributed by atoms with Gasteiger partial charge in [-0.1, -0.05) is 32.4 Å². The van der Waals surface area contributed by atoms with Crippen LogP contribution in [0.4, 0.5) is 15.8 Å². The first kappa shape index (κ1) is 15.1. The van der Waals surface area contributed by atoms with Gasteiger partial charge in [0.05, 0.1) is 22.5 Å². The molecule has 0 radical (unpaired) electrons. The third-order valence-corrected chi connectivity index (χ3v) is 2.76. The fourth-order valence-electron chi connectivity index (χ4n) is 1.72. The summed E-state index contributed by atoms with van der Waals surface area (Å²) in [4.78, 5) is 0. The van der Waals surface area contributed by atoms with Crippen LogP contribution in [-0.4, -0.2) is 17.8 Å². The largest absolute Gasteiger partial charge is 0.397 e. The maximum Gasteiger partial charge on any atom is 0.143 e. The number of rotatable bonds is 4. The lowest BCUT2D eigenvalue weighted by molar-refractivity contribution is 0.132. The van der Waals surface area contributed by atoms with E-state index in [-0.39, 0.29) is 10.4 Å². The zero-order chi connectivity index (χ0) is 13.9. The van der Waals surface area contributed by atoms with E-state index >= 15 is 0 Å². The standard InChI is InChI=1S/C13H20ClFN2O/c1-13(2,3)6-8(18)7-17-12-5-10(15)9(14)4-11(12)16/h4-5,8,17-18H,6-7,16H2,1-3H3. The highest BCUT2D eigenvalue weighted by atomic mass is 35.5. The van der Waals surface area contributed by atoms with Crippen LogP contribution in [0, 0.1) is 11.2 Å². The molecule has 0 amide bonds. The molecule has 0 spiro atoms. The predicted molar refractivity (Wildman–Crippen MR) is 74.4 cm³/mol. The number of hydrogen-bond donors (Lipinski definition) is 3. The smallest absolute Gasteiger partial charge is 0.143 e. The van der Waals surface area contributed by atoms with Crippen molar-refractivity contribution < 1.29 is 9.50 Å². The van der Waals surface area contributed by atoms with E-state index in [0.717, 1.165) is 0 Å². The van der Waals surface area contributed by atoms with Crippen LogP contribution in [0.1, 0.15) is 27.2 Å². The Labute approximate surface area is 112 Å². The third-order valence-electron chi connectivity index (χ3n) is 2.47. The van der Waals surface area contributed by atoms with E-state index in [4.69, 9.17) is 17.3 Å². The first-order valence-corrected chi connectivity index (χ1v) is 6.23. The first-order chi connectivity index (χ1) is 8.19. The van der Waals surface area contributed by atoms with Crippen LogP contribution in [0.15, 0.2) is 12.1 Å². The fraction of sp³-hybridized carbons (Fsp3) is 0.538. The number of anilines is 2. The van der Waals surface area contributed by atoms with E-state index in [1.807, 2.05) is 20.8 Å². The van der Waals surface area contributed by atoms with Gasteiger partial charge in [0.2, 0.25) is 0 Å². The van der Waals surface area contributed by atoms with Crippen LogP contribution in [0.2, 0.25) is 5.02 Å². The number of halogens is 2. The Morgan fingerprint density at radius 2 is 2.06 bits per heavy atom. The lowest BCUT2D eigenvalue weighted by Crippen LogP contribution is -2.25. The topological polar surface area (TPSA) is 58.3 Å². The van der Waals surface area contributed by atoms with Crippen molar-refractivity contribution in [3.63, 3.8) is 0 Å². The summed E-state index contributed by atoms with van der Waals surface area (Å²) in [5, 5.41) is 12.8. The fourth-order valence-corrected chi connectivity index (χ4v) is 1.89. The average molecular weight is 275 g/mol. The van der Waals surface area contributed by atoms with E-state index in [0.29, 0.717) is 24.3 Å². The number of nitrogens with one attached hydrogen (secondary N) is 1. The summed E-state index contributed by atoms with van der Waals surface area (Å²) in [7, 11) is 0. The Hall–Kier alpha value is -1.00. The second-order valence-corrected chi connectivity index (χ2v) is 6.06. The van der Waals surface area contributed by atoms with Gasteiger partial charge in [-0.05, 0) is 17.9 Å². The van der Waals surface area contributed by atoms with Gasteiger partial charge in [0.1, 0.15) is 5.82 Å². The van der Waals surface area contributed by atoms with Gasteiger partial charge in [-0.15, -0.1) is 0 Å². The molecule has 0 heterocycles. The van der Waals surface area contributed by atoms with Gasteiger partial charge < -0.3 is 16.2 Å². The van der Waals surface area contributed by atoms with Crippen molar-refractivity contribution in [3.8, 4) is 0 Å². The zero-order valence-electron chi connectivity index (χ0n) is 10.9. The normalized spacial score (nSPS) is 13.4. The molecule has 1 rings (SSSR count). The highest BCUT2D eigenvalue weighted by molar-refractivity contribution is 6.31. The van der Waals surface area contributed by atoms with Crippen molar-refractivity contribution >= 4 is 23.0 Å². The highest BCUT2D eigenvalue weighted by Gasteiger charge is 2.17. The quantitative estimate of drug-likeness (QED) is 0.739. The van der Waals surface area contributed by atoms with Gasteiger partial charge in [0, 0.05) is 12.6 Å². The molecule has 0 aromatic heterocycles. The molecular weight excluding hydrogens is 255 g/mol. The van der Waals surface area contributed by atoms with Gasteiger partial charge >= 0.3 is 0 Å². The Morgan fingerprint density at radius 3 is 2.61 bits per heavy atom. The molecule has 3 nitrogen and oxygen atoms in total. The van der Waals surface area contributed by atoms with E-state index < -0.39 is 11.9 Å². The summed E-state index contributed by atoms with van der Waals surface area (Å²) in [6.07, 6.45) is 0.138. The van der Waals surface area contributed by atoms with Crippen molar-refractivity contribution in [2.24, 2.45) is 5.41 Å². The molecule has 1 atom stereocenters. The number of aliphatic hydroxyl groups is 1. The Bertz CT molecular complexity index is 418. The minimum atomic E-state index is -0.529. The van der Waals surface area contributed by atoms with Crippen molar-refractivity contribution in [1.29, 1.82) is 0 Å². The summed E-state index contributed by atoms with van der Waals surface area (Å²) in [5.41, 5.74) is 6.56. The summed E-state index contributed by atoms with van der Waals surface area (Å²) in [6, 6.07) is 2.59. The molecule has 0 bridgehead atoms. The molecule has 1 aromatic rings. The minimum Gasteiger partial charge on any atom is -0.397 e. The zero-order valence-corrected chi connectivity index (χ0v) is 11.7. The molecule has 18 heavy (non-hydrogen) atoms. The van der Waals surface area contributed by atoms with Crippen LogP contribution >= 0.6 is 11.6 Å². The van der Waals surface area contributed by atoms with E-state index in [1.165, 1.54) is 12.1 Å². The van der Waals surface area contributed by atoms with Crippen molar-refractivity contribution in [1.82, 2.24) is 0 Å². The van der Waals surface area contributed by atoms with Crippen LogP contribution in [0.5, 0.6) is 0 Å². The molecule has 5 heteroatoms. The molecule has 1 unspecified atom stereocenters. The monoisotopic (exact) mass is 274 g/mol. The molecule has 0 saturated heterocycles. The molecule has 102 valence electrons. The molecule has 4 N–H and O–H groups in total. The van der Waals surface area contributed by atoms with Crippen LogP contribution in [0.25, 0.3) is 0 Å². The number of benzene rings is 1. The Balaban J connectivity index is 2.61. The average Bonchev–Trinajstić information content (AvgIpc) is 2.19. The van der Waals surface area contributed by atoms with Gasteiger partial charge in [-0.3, -0.25) is 0 Å². The number of hydrogen-bond acceptors (Lipinski definition) is 3. The Kier molecular flexibility index (Phi) is 4.82. The van der Waals surface area contributed by atoms with Crippen molar-refractivity contribution in [3.05, 3.63) is 23.0 Å². The predicted octanol–water partition coefficient (Wildman–Crippen LogP) is 3.27. The van der Waals surface area contributed by atoms with Crippen LogP contribution in [-0.2, 0) is 0 Å². The lowest BCUT2D eigenvalue weighted by atomic mass is 9.89. The summed E-state index contributed by atoms with van der Waals surface area (Å²) in [5.74, 6) is -0.529. The van der Waals surface area contributed by atoms with Gasteiger partial charge in [-0.2, -0.15) is 0 Å². The van der Waals surface area contributed by atoms with Gasteiger partial charge in [0.25, 0.3) is 0 Å². The number of nitrogens with two attached hydrogens (primary N) is 1. The van der Waals surface area contributed by atoms with E-state index in [1.54, 1.807) is 0 Å². The lowest BCUT2D eigenvalue weighted by Gasteiger charge is -2.23. The summed E-state index contributed by atoms with van der Waals surface area (Å²) < 4.78 is 13.3. The number of aliphatic hydroxyl groups excluding tert-OH is 1. The maximum absolute atomic E-state index is 13.3. The molecule has 0 fully saturated rings. The summed E-state index contributed by atoms with van der Waals surface area (Å²) >= 11 is 5.60. The van der Waals surface area contributed by atoms with Crippen LogP contribution in [0.3, 0.4) is 0 Å². The van der Waals surface area contributed by atoms with E-state index in [9.17, 15) is 9.50 Å². The molecular formula is C13H20ClFN2O. The highest BCUT2D eigenvalue weighted by Crippen LogP contribution is 2.26. The molecule has 1 aromatic carbocycles.